The van der Waals surface area contributed by atoms with Crippen molar-refractivity contribution in [2.24, 2.45) is 7.05 Å². The van der Waals surface area contributed by atoms with Crippen LogP contribution in [0.2, 0.25) is 0 Å². The topological polar surface area (TPSA) is 71.8 Å². The predicted molar refractivity (Wildman–Crippen MR) is 146 cm³/mol. The average molecular weight is 508 g/mol. The fourth-order valence-corrected chi connectivity index (χ4v) is 4.13. The van der Waals surface area contributed by atoms with Crippen molar-refractivity contribution in [2.75, 3.05) is 11.9 Å². The van der Waals surface area contributed by atoms with Crippen molar-refractivity contribution in [3.05, 3.63) is 101 Å². The van der Waals surface area contributed by atoms with E-state index in [1.807, 2.05) is 30.3 Å². The molecule has 0 aliphatic rings. The van der Waals surface area contributed by atoms with Crippen LogP contribution in [0.5, 0.6) is 0 Å². The fourth-order valence-electron chi connectivity index (χ4n) is 4.13. The van der Waals surface area contributed by atoms with Crippen LogP contribution in [0.15, 0.2) is 83.9 Å². The second-order valence-corrected chi connectivity index (χ2v) is 8.85. The molecule has 0 spiro atoms. The first-order valence-corrected chi connectivity index (χ1v) is 11.7. The second-order valence-electron chi connectivity index (χ2n) is 8.85. The molecule has 0 aliphatic carbocycles. The highest BCUT2D eigenvalue weighted by molar-refractivity contribution is 5.85. The Hall–Kier alpha value is -3.55. The van der Waals surface area contributed by atoms with Crippen LogP contribution in [0.4, 0.5) is 10.3 Å². The molecular formula is C28H31ClFN5O. The number of hydrogen-bond donors (Lipinski definition) is 2. The van der Waals surface area contributed by atoms with Crippen LogP contribution in [0.3, 0.4) is 0 Å². The van der Waals surface area contributed by atoms with E-state index in [-0.39, 0.29) is 29.8 Å². The van der Waals surface area contributed by atoms with E-state index in [2.05, 4.69) is 41.6 Å². The Morgan fingerprint density at radius 3 is 2.25 bits per heavy atom. The average Bonchev–Trinajstić information content (AvgIpc) is 2.86. The van der Waals surface area contributed by atoms with Crippen LogP contribution in [0.1, 0.15) is 19.4 Å². The van der Waals surface area contributed by atoms with Gasteiger partial charge in [0, 0.05) is 43.6 Å². The van der Waals surface area contributed by atoms with Crippen molar-refractivity contribution in [1.82, 2.24) is 19.9 Å². The van der Waals surface area contributed by atoms with Crippen LogP contribution in [0.25, 0.3) is 22.4 Å². The van der Waals surface area contributed by atoms with Gasteiger partial charge >= 0.3 is 0 Å². The summed E-state index contributed by atoms with van der Waals surface area (Å²) in [7, 11) is 1.70. The first-order valence-electron chi connectivity index (χ1n) is 11.7. The molecule has 8 heteroatoms. The lowest BCUT2D eigenvalue weighted by molar-refractivity contribution is 0.473. The molecule has 2 N–H and O–H groups in total. The summed E-state index contributed by atoms with van der Waals surface area (Å²) < 4.78 is 15.1. The maximum atomic E-state index is 13.6. The lowest BCUT2D eigenvalue weighted by atomic mass is 10.0. The minimum atomic E-state index is -0.357. The molecule has 36 heavy (non-hydrogen) atoms. The number of aromatic nitrogens is 3. The van der Waals surface area contributed by atoms with Crippen LogP contribution in [0, 0.1) is 5.82 Å². The molecule has 1 atom stereocenters. The van der Waals surface area contributed by atoms with Crippen molar-refractivity contribution in [2.45, 2.75) is 32.4 Å². The third kappa shape index (κ3) is 6.56. The summed E-state index contributed by atoms with van der Waals surface area (Å²) in [5.41, 5.74) is 3.35. The third-order valence-corrected chi connectivity index (χ3v) is 5.78. The van der Waals surface area contributed by atoms with Crippen molar-refractivity contribution in [3.8, 4) is 22.4 Å². The minimum absolute atomic E-state index is 0. The molecule has 2 aromatic carbocycles. The molecule has 0 radical (unpaired) electrons. The molecule has 0 saturated heterocycles. The zero-order chi connectivity index (χ0) is 24.8. The normalized spacial score (nSPS) is 11.7. The summed E-state index contributed by atoms with van der Waals surface area (Å²) in [5, 5.41) is 6.99. The first-order chi connectivity index (χ1) is 16.9. The molecule has 2 aromatic heterocycles. The molecule has 0 fully saturated rings. The second kappa shape index (κ2) is 12.4. The van der Waals surface area contributed by atoms with Crippen LogP contribution in [-0.4, -0.2) is 33.2 Å². The molecule has 0 aliphatic heterocycles. The summed E-state index contributed by atoms with van der Waals surface area (Å²) in [6.07, 6.45) is 4.17. The van der Waals surface area contributed by atoms with E-state index in [9.17, 15) is 9.18 Å². The van der Waals surface area contributed by atoms with Gasteiger partial charge in [-0.2, -0.15) is 0 Å². The minimum Gasteiger partial charge on any atom is -0.354 e. The van der Waals surface area contributed by atoms with Gasteiger partial charge in [0.2, 0.25) is 5.95 Å². The Balaban J connectivity index is 0.00000361. The Morgan fingerprint density at radius 2 is 1.61 bits per heavy atom. The smallest absolute Gasteiger partial charge is 0.263 e. The van der Waals surface area contributed by atoms with E-state index < -0.39 is 0 Å². The van der Waals surface area contributed by atoms with Crippen molar-refractivity contribution < 1.29 is 4.39 Å². The number of rotatable bonds is 9. The third-order valence-electron chi connectivity index (χ3n) is 5.78. The Bertz CT molecular complexity index is 1310. The molecular weight excluding hydrogens is 477 g/mol. The highest BCUT2D eigenvalue weighted by Crippen LogP contribution is 2.28. The van der Waals surface area contributed by atoms with Gasteiger partial charge in [0.1, 0.15) is 5.82 Å². The number of halogens is 2. The molecule has 4 aromatic rings. The lowest BCUT2D eigenvalue weighted by Gasteiger charge is -2.23. The molecule has 0 saturated carbocycles. The zero-order valence-corrected chi connectivity index (χ0v) is 21.4. The summed E-state index contributed by atoms with van der Waals surface area (Å²) >= 11 is 0. The van der Waals surface area contributed by atoms with E-state index in [4.69, 9.17) is 4.98 Å². The Morgan fingerprint density at radius 1 is 0.944 bits per heavy atom. The standard InChI is InChI=1S/C28H30FN5O.ClH/c1-19(2)32-24(17-20-7-5-4-6-8-20)18-31-28-33-26(22-13-15-30-16-14-22)25(27(35)34(28)3)21-9-11-23(29)12-10-21;/h4-16,19,24,32H,17-18H2,1-3H3,(H,31,33);1H/t24-;/m0./s1. The number of pyridine rings is 1. The van der Waals surface area contributed by atoms with Crippen molar-refractivity contribution >= 4 is 18.4 Å². The molecule has 6 nitrogen and oxygen atoms in total. The van der Waals surface area contributed by atoms with Gasteiger partial charge in [-0.25, -0.2) is 9.37 Å². The summed E-state index contributed by atoms with van der Waals surface area (Å²) in [4.78, 5) is 22.5. The number of nitrogens with zero attached hydrogens (tertiary/aromatic N) is 3. The zero-order valence-electron chi connectivity index (χ0n) is 20.6. The number of hydrogen-bond acceptors (Lipinski definition) is 5. The van der Waals surface area contributed by atoms with Gasteiger partial charge in [0.25, 0.3) is 5.56 Å². The van der Waals surface area contributed by atoms with Crippen LogP contribution < -0.4 is 16.2 Å². The monoisotopic (exact) mass is 507 g/mol. The van der Waals surface area contributed by atoms with Gasteiger partial charge in [-0.1, -0.05) is 56.3 Å². The lowest BCUT2D eigenvalue weighted by Crippen LogP contribution is -2.42. The molecule has 0 amide bonds. The summed E-state index contributed by atoms with van der Waals surface area (Å²) in [5.74, 6) is 0.112. The van der Waals surface area contributed by atoms with Crippen LogP contribution >= 0.6 is 12.4 Å². The maximum absolute atomic E-state index is 13.6. The van der Waals surface area contributed by atoms with E-state index in [0.717, 1.165) is 12.0 Å². The SMILES string of the molecule is CC(C)N[C@H](CNc1nc(-c2ccncc2)c(-c2ccc(F)cc2)c(=O)n1C)Cc1ccccc1.Cl. The number of anilines is 1. The van der Waals surface area contributed by atoms with E-state index >= 15 is 0 Å². The number of benzene rings is 2. The van der Waals surface area contributed by atoms with Gasteiger partial charge in [-0.3, -0.25) is 14.3 Å². The number of nitrogens with one attached hydrogen (secondary N) is 2. The van der Waals surface area contributed by atoms with Gasteiger partial charge in [-0.05, 0) is 41.8 Å². The van der Waals surface area contributed by atoms with Gasteiger partial charge < -0.3 is 10.6 Å². The Kier molecular flexibility index (Phi) is 9.33. The highest BCUT2D eigenvalue weighted by Gasteiger charge is 2.19. The molecule has 4 rings (SSSR count). The summed E-state index contributed by atoms with van der Waals surface area (Å²) in [6, 6.07) is 20.3. The first kappa shape index (κ1) is 27.0. The van der Waals surface area contributed by atoms with E-state index in [0.29, 0.717) is 35.4 Å². The van der Waals surface area contributed by atoms with Crippen molar-refractivity contribution in [1.29, 1.82) is 0 Å². The molecule has 2 heterocycles. The molecule has 0 bridgehead atoms. The van der Waals surface area contributed by atoms with Gasteiger partial charge in [0.15, 0.2) is 0 Å². The maximum Gasteiger partial charge on any atom is 0.263 e. The molecule has 188 valence electrons. The van der Waals surface area contributed by atoms with Gasteiger partial charge in [0.05, 0.1) is 11.3 Å². The largest absolute Gasteiger partial charge is 0.354 e. The quantitative estimate of drug-likeness (QED) is 0.330. The van der Waals surface area contributed by atoms with E-state index in [1.165, 1.54) is 22.3 Å². The summed E-state index contributed by atoms with van der Waals surface area (Å²) in [6.45, 7) is 4.81. The molecule has 0 unspecified atom stereocenters. The van der Waals surface area contributed by atoms with E-state index in [1.54, 1.807) is 31.6 Å². The highest BCUT2D eigenvalue weighted by atomic mass is 35.5. The van der Waals surface area contributed by atoms with Crippen LogP contribution in [-0.2, 0) is 13.5 Å². The van der Waals surface area contributed by atoms with Crippen molar-refractivity contribution in [3.63, 3.8) is 0 Å². The fraction of sp³-hybridized carbons (Fsp3) is 0.250. The van der Waals surface area contributed by atoms with Gasteiger partial charge in [-0.15, -0.1) is 12.4 Å². The Labute approximate surface area is 217 Å². The predicted octanol–water partition coefficient (Wildman–Crippen LogP) is 5.09.